The molecule has 1 saturated carbocycles. The third-order valence-corrected chi connectivity index (χ3v) is 3.75. The molecule has 5 heteroatoms. The second-order valence-electron chi connectivity index (χ2n) is 5.43. The predicted molar refractivity (Wildman–Crippen MR) is 73.2 cm³/mol. The maximum absolute atomic E-state index is 11.5. The number of nitrogens with zero attached hydrogens (tertiary/aromatic N) is 1. The fourth-order valence-corrected chi connectivity index (χ4v) is 2.35. The zero-order valence-corrected chi connectivity index (χ0v) is 11.9. The van der Waals surface area contributed by atoms with Crippen LogP contribution in [0.15, 0.2) is 0 Å². The van der Waals surface area contributed by atoms with Crippen LogP contribution in [0, 0.1) is 5.92 Å². The van der Waals surface area contributed by atoms with Gasteiger partial charge in [-0.1, -0.05) is 0 Å². The Kier molecular flexibility index (Phi) is 5.92. The zero-order chi connectivity index (χ0) is 13.5. The van der Waals surface area contributed by atoms with Crippen molar-refractivity contribution in [3.63, 3.8) is 0 Å². The second kappa shape index (κ2) is 7.70. The number of rotatable bonds is 7. The molecule has 0 aromatic carbocycles. The number of amides is 1. The van der Waals surface area contributed by atoms with E-state index in [0.29, 0.717) is 12.6 Å². The van der Waals surface area contributed by atoms with Gasteiger partial charge in [0.2, 0.25) is 0 Å². The lowest BCUT2D eigenvalue weighted by molar-refractivity contribution is 0.0920. The molecule has 1 heterocycles. The Morgan fingerprint density at radius 1 is 1.26 bits per heavy atom. The molecule has 19 heavy (non-hydrogen) atoms. The highest BCUT2D eigenvalue weighted by Crippen LogP contribution is 2.28. The van der Waals surface area contributed by atoms with Crippen molar-refractivity contribution in [2.24, 2.45) is 5.92 Å². The minimum Gasteiger partial charge on any atom is -0.450 e. The monoisotopic (exact) mass is 270 g/mol. The Morgan fingerprint density at radius 2 is 2.00 bits per heavy atom. The van der Waals surface area contributed by atoms with Crippen molar-refractivity contribution in [1.82, 2.24) is 10.2 Å². The van der Waals surface area contributed by atoms with Crippen molar-refractivity contribution in [2.45, 2.75) is 38.6 Å². The van der Waals surface area contributed by atoms with E-state index in [9.17, 15) is 4.79 Å². The number of hydrogen-bond donors (Lipinski definition) is 1. The topological polar surface area (TPSA) is 50.8 Å². The van der Waals surface area contributed by atoms with Crippen LogP contribution in [0.2, 0.25) is 0 Å². The molecule has 0 spiro atoms. The minimum absolute atomic E-state index is 0.172. The molecule has 2 aliphatic rings. The maximum atomic E-state index is 11.5. The molecule has 0 atom stereocenters. The first-order chi connectivity index (χ1) is 9.29. The van der Waals surface area contributed by atoms with Crippen LogP contribution in [0.5, 0.6) is 0 Å². The molecule has 1 amide bonds. The third kappa shape index (κ3) is 5.37. The maximum Gasteiger partial charge on any atom is 0.409 e. The summed E-state index contributed by atoms with van der Waals surface area (Å²) in [5.41, 5.74) is 0. The normalized spacial score (nSPS) is 20.6. The van der Waals surface area contributed by atoms with E-state index in [1.54, 1.807) is 4.90 Å². The van der Waals surface area contributed by atoms with Crippen LogP contribution < -0.4 is 5.32 Å². The smallest absolute Gasteiger partial charge is 0.409 e. The number of piperidine rings is 1. The molecule has 0 aromatic rings. The van der Waals surface area contributed by atoms with Crippen LogP contribution in [0.3, 0.4) is 0 Å². The van der Waals surface area contributed by atoms with Gasteiger partial charge < -0.3 is 19.7 Å². The van der Waals surface area contributed by atoms with Gasteiger partial charge in [-0.05, 0) is 38.5 Å². The van der Waals surface area contributed by atoms with Crippen molar-refractivity contribution >= 4 is 6.09 Å². The van der Waals surface area contributed by atoms with Gasteiger partial charge in [0.1, 0.15) is 0 Å². The van der Waals surface area contributed by atoms with Crippen molar-refractivity contribution in [1.29, 1.82) is 0 Å². The summed E-state index contributed by atoms with van der Waals surface area (Å²) in [4.78, 5) is 13.3. The number of hydrogen-bond acceptors (Lipinski definition) is 4. The van der Waals surface area contributed by atoms with Gasteiger partial charge >= 0.3 is 6.09 Å². The van der Waals surface area contributed by atoms with E-state index in [-0.39, 0.29) is 6.09 Å². The number of ether oxygens (including phenoxy) is 2. The summed E-state index contributed by atoms with van der Waals surface area (Å²) in [6, 6.07) is 0.509. The first-order valence-corrected chi connectivity index (χ1v) is 7.52. The summed E-state index contributed by atoms with van der Waals surface area (Å²) >= 11 is 0. The third-order valence-electron chi connectivity index (χ3n) is 3.75. The zero-order valence-electron chi connectivity index (χ0n) is 11.9. The quantitative estimate of drug-likeness (QED) is 0.714. The molecule has 2 fully saturated rings. The highest BCUT2D eigenvalue weighted by Gasteiger charge is 2.23. The summed E-state index contributed by atoms with van der Waals surface area (Å²) in [5, 5.41) is 3.50. The molecule has 1 aliphatic heterocycles. The van der Waals surface area contributed by atoms with Crippen LogP contribution in [0.25, 0.3) is 0 Å². The van der Waals surface area contributed by atoms with Gasteiger partial charge in [0, 0.05) is 32.3 Å². The Hall–Kier alpha value is -0.810. The predicted octanol–water partition coefficient (Wildman–Crippen LogP) is 1.62. The van der Waals surface area contributed by atoms with Crippen molar-refractivity contribution in [3.8, 4) is 0 Å². The summed E-state index contributed by atoms with van der Waals surface area (Å²) in [6.07, 6.45) is 4.52. The Labute approximate surface area is 115 Å². The lowest BCUT2D eigenvalue weighted by Gasteiger charge is -2.31. The summed E-state index contributed by atoms with van der Waals surface area (Å²) in [6.45, 7) is 6.52. The van der Waals surface area contributed by atoms with Crippen molar-refractivity contribution in [2.75, 3.05) is 39.5 Å². The number of carbonyl (C=O) groups is 1. The van der Waals surface area contributed by atoms with Crippen LogP contribution in [-0.4, -0.2) is 56.5 Å². The van der Waals surface area contributed by atoms with Crippen LogP contribution in [0.1, 0.15) is 32.6 Å². The van der Waals surface area contributed by atoms with Crippen LogP contribution >= 0.6 is 0 Å². The highest BCUT2D eigenvalue weighted by atomic mass is 16.6. The Bertz CT molecular complexity index is 274. The number of likely N-dealkylation sites (tertiary alicyclic amines) is 1. The molecular formula is C14H26N2O3. The van der Waals surface area contributed by atoms with Gasteiger partial charge in [-0.25, -0.2) is 4.79 Å². The van der Waals surface area contributed by atoms with E-state index >= 15 is 0 Å². The summed E-state index contributed by atoms with van der Waals surface area (Å²) in [5.74, 6) is 0.841. The second-order valence-corrected chi connectivity index (χ2v) is 5.43. The van der Waals surface area contributed by atoms with E-state index in [0.717, 1.165) is 51.6 Å². The summed E-state index contributed by atoms with van der Waals surface area (Å²) in [7, 11) is 0. The number of carbonyl (C=O) groups excluding carboxylic acids is 1. The fraction of sp³-hybridized carbons (Fsp3) is 0.929. The first-order valence-electron chi connectivity index (χ1n) is 7.52. The lowest BCUT2D eigenvalue weighted by atomic mass is 10.1. The van der Waals surface area contributed by atoms with Crippen LogP contribution in [-0.2, 0) is 9.47 Å². The van der Waals surface area contributed by atoms with Gasteiger partial charge in [0.15, 0.2) is 0 Å². The van der Waals surface area contributed by atoms with Gasteiger partial charge in [-0.15, -0.1) is 0 Å². The van der Waals surface area contributed by atoms with E-state index in [1.807, 2.05) is 6.92 Å². The first kappa shape index (κ1) is 14.6. The largest absolute Gasteiger partial charge is 0.450 e. The van der Waals surface area contributed by atoms with Crippen LogP contribution in [0.4, 0.5) is 4.79 Å². The van der Waals surface area contributed by atoms with E-state index < -0.39 is 0 Å². The molecule has 2 rings (SSSR count). The van der Waals surface area contributed by atoms with Crippen molar-refractivity contribution < 1.29 is 14.3 Å². The molecule has 5 nitrogen and oxygen atoms in total. The molecule has 0 unspecified atom stereocenters. The molecule has 1 N–H and O–H groups in total. The Morgan fingerprint density at radius 3 is 2.63 bits per heavy atom. The molecular weight excluding hydrogens is 244 g/mol. The standard InChI is InChI=1S/C14H26N2O3/c1-2-19-14(17)16-8-5-13(6-9-16)15-7-10-18-11-12-3-4-12/h12-13,15H,2-11H2,1H3. The SMILES string of the molecule is CCOC(=O)N1CCC(NCCOCC2CC2)CC1. The van der Waals surface area contributed by atoms with Gasteiger partial charge in [-0.2, -0.15) is 0 Å². The van der Waals surface area contributed by atoms with Gasteiger partial charge in [-0.3, -0.25) is 0 Å². The van der Waals surface area contributed by atoms with Gasteiger partial charge in [0.25, 0.3) is 0 Å². The summed E-state index contributed by atoms with van der Waals surface area (Å²) < 4.78 is 10.6. The molecule has 1 aliphatic carbocycles. The molecule has 1 saturated heterocycles. The molecule has 110 valence electrons. The fourth-order valence-electron chi connectivity index (χ4n) is 2.35. The van der Waals surface area contributed by atoms with Crippen molar-refractivity contribution in [3.05, 3.63) is 0 Å². The molecule has 0 radical (unpaired) electrons. The highest BCUT2D eigenvalue weighted by molar-refractivity contribution is 5.67. The average molecular weight is 270 g/mol. The lowest BCUT2D eigenvalue weighted by Crippen LogP contribution is -2.45. The van der Waals surface area contributed by atoms with E-state index in [2.05, 4.69) is 5.32 Å². The van der Waals surface area contributed by atoms with Gasteiger partial charge in [0.05, 0.1) is 13.2 Å². The average Bonchev–Trinajstić information content (AvgIpc) is 3.23. The molecule has 0 bridgehead atoms. The Balaban J connectivity index is 1.49. The molecule has 0 aromatic heterocycles. The minimum atomic E-state index is -0.172. The van der Waals surface area contributed by atoms with E-state index in [1.165, 1.54) is 12.8 Å². The number of nitrogens with one attached hydrogen (secondary N) is 1. The van der Waals surface area contributed by atoms with E-state index in [4.69, 9.17) is 9.47 Å².